The van der Waals surface area contributed by atoms with Gasteiger partial charge in [-0.3, -0.25) is 19.1 Å². The maximum atomic E-state index is 13.0. The number of carbonyl (C=O) groups is 2. The molecule has 0 saturated carbocycles. The van der Waals surface area contributed by atoms with Crippen molar-refractivity contribution in [2.45, 2.75) is 18.7 Å². The van der Waals surface area contributed by atoms with Gasteiger partial charge in [0.15, 0.2) is 0 Å². The average molecular weight is 487 g/mol. The molecule has 178 valence electrons. The molecule has 0 saturated heterocycles. The first-order valence-corrected chi connectivity index (χ1v) is 12.1. The normalized spacial score (nSPS) is 10.7. The fourth-order valence-corrected chi connectivity index (χ4v) is 4.40. The summed E-state index contributed by atoms with van der Waals surface area (Å²) in [6.07, 6.45) is 0. The fraction of sp³-hybridized carbons (Fsp3) is 0.148. The van der Waals surface area contributed by atoms with E-state index >= 15 is 0 Å². The van der Waals surface area contributed by atoms with E-state index in [1.165, 1.54) is 16.4 Å². The van der Waals surface area contributed by atoms with Crippen LogP contribution in [0.15, 0.2) is 88.6 Å². The van der Waals surface area contributed by atoms with E-state index in [0.717, 1.165) is 16.1 Å². The number of anilines is 2. The zero-order chi connectivity index (χ0) is 24.9. The number of para-hydroxylation sites is 1. The van der Waals surface area contributed by atoms with Gasteiger partial charge >= 0.3 is 0 Å². The smallest absolute Gasteiger partial charge is 0.295 e. The summed E-state index contributed by atoms with van der Waals surface area (Å²) in [4.78, 5) is 38.9. The summed E-state index contributed by atoms with van der Waals surface area (Å²) >= 11 is 1.35. The number of aromatic nitrogens is 2. The molecular formula is C27H26N4O3S. The Balaban J connectivity index is 1.37. The minimum Gasteiger partial charge on any atom is -0.322 e. The summed E-state index contributed by atoms with van der Waals surface area (Å²) in [5.41, 5.74) is 3.61. The van der Waals surface area contributed by atoms with Crippen LogP contribution < -0.4 is 16.2 Å². The van der Waals surface area contributed by atoms with Gasteiger partial charge in [0, 0.05) is 23.2 Å². The van der Waals surface area contributed by atoms with E-state index in [1.54, 1.807) is 36.9 Å². The van der Waals surface area contributed by atoms with Crippen LogP contribution in [0.1, 0.15) is 21.6 Å². The largest absolute Gasteiger partial charge is 0.322 e. The lowest BCUT2D eigenvalue weighted by Gasteiger charge is -2.08. The number of hydrogen-bond acceptors (Lipinski definition) is 4. The highest BCUT2D eigenvalue weighted by molar-refractivity contribution is 8.00. The first-order valence-electron chi connectivity index (χ1n) is 11.1. The van der Waals surface area contributed by atoms with Gasteiger partial charge in [-0.1, -0.05) is 36.4 Å². The molecule has 7 nitrogen and oxygen atoms in total. The predicted molar refractivity (Wildman–Crippen MR) is 141 cm³/mol. The Bertz CT molecular complexity index is 1420. The van der Waals surface area contributed by atoms with Crippen LogP contribution in [0.4, 0.5) is 11.4 Å². The van der Waals surface area contributed by atoms with Crippen LogP contribution in [0.2, 0.25) is 0 Å². The Morgan fingerprint density at radius 2 is 1.51 bits per heavy atom. The van der Waals surface area contributed by atoms with E-state index in [0.29, 0.717) is 16.9 Å². The van der Waals surface area contributed by atoms with E-state index in [9.17, 15) is 14.4 Å². The number of nitrogens with one attached hydrogen (secondary N) is 2. The third kappa shape index (κ3) is 5.38. The van der Waals surface area contributed by atoms with Crippen molar-refractivity contribution in [1.29, 1.82) is 0 Å². The SMILES string of the molecule is Cc1ccccc1C(=O)Nc1ccc(SCC(=O)Nc2c(C)n(C)n(-c3ccccc3)c2=O)cc1. The highest BCUT2D eigenvalue weighted by atomic mass is 32.2. The van der Waals surface area contributed by atoms with Gasteiger partial charge in [-0.25, -0.2) is 4.68 Å². The van der Waals surface area contributed by atoms with E-state index in [1.807, 2.05) is 67.6 Å². The van der Waals surface area contributed by atoms with Crippen LogP contribution in [0.5, 0.6) is 0 Å². The van der Waals surface area contributed by atoms with Gasteiger partial charge < -0.3 is 10.6 Å². The molecule has 0 aliphatic carbocycles. The van der Waals surface area contributed by atoms with Crippen molar-refractivity contribution in [2.24, 2.45) is 7.05 Å². The van der Waals surface area contributed by atoms with Crippen molar-refractivity contribution < 1.29 is 9.59 Å². The van der Waals surface area contributed by atoms with Gasteiger partial charge in [0.2, 0.25) is 5.91 Å². The number of benzene rings is 3. The van der Waals surface area contributed by atoms with Crippen molar-refractivity contribution in [1.82, 2.24) is 9.36 Å². The molecule has 3 aromatic carbocycles. The van der Waals surface area contributed by atoms with Gasteiger partial charge in [-0.2, -0.15) is 0 Å². The van der Waals surface area contributed by atoms with Crippen LogP contribution in [0.25, 0.3) is 5.69 Å². The van der Waals surface area contributed by atoms with Crippen molar-refractivity contribution in [2.75, 3.05) is 16.4 Å². The van der Waals surface area contributed by atoms with Crippen LogP contribution in [0, 0.1) is 13.8 Å². The third-order valence-corrected chi connectivity index (χ3v) is 6.70. The molecular weight excluding hydrogens is 460 g/mol. The second kappa shape index (κ2) is 10.5. The molecule has 35 heavy (non-hydrogen) atoms. The quantitative estimate of drug-likeness (QED) is 0.368. The molecule has 0 spiro atoms. The van der Waals surface area contributed by atoms with Crippen molar-refractivity contribution in [3.8, 4) is 5.69 Å². The number of aryl methyl sites for hydroxylation is 1. The summed E-state index contributed by atoms with van der Waals surface area (Å²) in [5.74, 6) is -0.284. The van der Waals surface area contributed by atoms with Gasteiger partial charge in [0.25, 0.3) is 11.5 Å². The molecule has 0 aliphatic rings. The molecule has 8 heteroatoms. The maximum absolute atomic E-state index is 13.0. The first kappa shape index (κ1) is 24.1. The standard InChI is InChI=1S/C27H26N4O3S/c1-18-9-7-8-12-23(18)26(33)28-20-13-15-22(16-14-20)35-17-24(32)29-25-19(2)30(3)31(27(25)34)21-10-5-4-6-11-21/h4-16H,17H2,1-3H3,(H,28,33)(H,29,32). The number of rotatable bonds is 7. The Kier molecular flexibility index (Phi) is 7.22. The highest BCUT2D eigenvalue weighted by Gasteiger charge is 2.18. The van der Waals surface area contributed by atoms with E-state index in [-0.39, 0.29) is 28.8 Å². The minimum absolute atomic E-state index is 0.147. The molecule has 4 rings (SSSR count). The van der Waals surface area contributed by atoms with E-state index < -0.39 is 0 Å². The van der Waals surface area contributed by atoms with Crippen LogP contribution in [-0.4, -0.2) is 26.9 Å². The topological polar surface area (TPSA) is 85.1 Å². The monoisotopic (exact) mass is 486 g/mol. The summed E-state index contributed by atoms with van der Waals surface area (Å²) in [7, 11) is 1.79. The molecule has 2 amide bonds. The Labute approximate surface area is 207 Å². The van der Waals surface area contributed by atoms with Crippen molar-refractivity contribution >= 4 is 35.0 Å². The number of thioether (sulfide) groups is 1. The predicted octanol–water partition coefficient (Wildman–Crippen LogP) is 4.78. The van der Waals surface area contributed by atoms with Gasteiger partial charge in [-0.15, -0.1) is 11.8 Å². The third-order valence-electron chi connectivity index (χ3n) is 5.69. The molecule has 0 aliphatic heterocycles. The molecule has 0 bridgehead atoms. The molecule has 4 aromatic rings. The second-order valence-corrected chi connectivity index (χ2v) is 9.12. The maximum Gasteiger partial charge on any atom is 0.295 e. The summed E-state index contributed by atoms with van der Waals surface area (Å²) < 4.78 is 3.26. The zero-order valence-electron chi connectivity index (χ0n) is 19.7. The first-order chi connectivity index (χ1) is 16.8. The lowest BCUT2D eigenvalue weighted by atomic mass is 10.1. The van der Waals surface area contributed by atoms with Crippen LogP contribution in [0.3, 0.4) is 0 Å². The Hall–Kier alpha value is -4.04. The molecule has 1 aromatic heterocycles. The van der Waals surface area contributed by atoms with Crippen LogP contribution >= 0.6 is 11.8 Å². The summed E-state index contributed by atoms with van der Waals surface area (Å²) in [6.45, 7) is 3.70. The van der Waals surface area contributed by atoms with Gasteiger partial charge in [-0.05, 0) is 61.9 Å². The van der Waals surface area contributed by atoms with Gasteiger partial charge in [0.1, 0.15) is 5.69 Å². The molecule has 2 N–H and O–H groups in total. The molecule has 0 radical (unpaired) electrons. The van der Waals surface area contributed by atoms with E-state index in [4.69, 9.17) is 0 Å². The number of carbonyl (C=O) groups excluding carboxylic acids is 2. The molecule has 1 heterocycles. The summed E-state index contributed by atoms with van der Waals surface area (Å²) in [5, 5.41) is 5.66. The van der Waals surface area contributed by atoms with Crippen molar-refractivity contribution in [3.63, 3.8) is 0 Å². The minimum atomic E-state index is -0.275. The summed E-state index contributed by atoms with van der Waals surface area (Å²) in [6, 6.07) is 24.0. The van der Waals surface area contributed by atoms with Crippen LogP contribution in [-0.2, 0) is 11.8 Å². The van der Waals surface area contributed by atoms with Gasteiger partial charge in [0.05, 0.1) is 17.1 Å². The average Bonchev–Trinajstić information content (AvgIpc) is 3.07. The second-order valence-electron chi connectivity index (χ2n) is 8.07. The number of amides is 2. The Morgan fingerprint density at radius 3 is 2.20 bits per heavy atom. The number of nitrogens with zero attached hydrogens (tertiary/aromatic N) is 2. The Morgan fingerprint density at radius 1 is 0.857 bits per heavy atom. The molecule has 0 unspecified atom stereocenters. The highest BCUT2D eigenvalue weighted by Crippen LogP contribution is 2.22. The van der Waals surface area contributed by atoms with Crippen molar-refractivity contribution in [3.05, 3.63) is 106 Å². The molecule has 0 atom stereocenters. The lowest BCUT2D eigenvalue weighted by Crippen LogP contribution is -2.23. The lowest BCUT2D eigenvalue weighted by molar-refractivity contribution is -0.113. The molecule has 0 fully saturated rings. The number of hydrogen-bond donors (Lipinski definition) is 2. The van der Waals surface area contributed by atoms with E-state index in [2.05, 4.69) is 10.6 Å². The zero-order valence-corrected chi connectivity index (χ0v) is 20.6. The fourth-order valence-electron chi connectivity index (χ4n) is 3.70.